The van der Waals surface area contributed by atoms with Crippen LogP contribution < -0.4 is 15.8 Å². The van der Waals surface area contributed by atoms with Gasteiger partial charge in [-0.05, 0) is 55.0 Å². The van der Waals surface area contributed by atoms with E-state index in [0.717, 1.165) is 22.9 Å². The molecule has 10 heteroatoms. The van der Waals surface area contributed by atoms with E-state index in [9.17, 15) is 23.9 Å². The summed E-state index contributed by atoms with van der Waals surface area (Å²) in [6, 6.07) is 4.36. The van der Waals surface area contributed by atoms with Crippen LogP contribution >= 0.6 is 0 Å². The zero-order valence-corrected chi connectivity index (χ0v) is 19.5. The standard InChI is InChI=1S/C25H26FN5O4/c1-14(2)13-30-23-16(3-8-20(32)29-10-9-15-11-17(26)4-7-19(15)29)12-27-31(23)25(35)21(24(30)34)22(33)28-18-5-6-18/h3-4,7-8,11-12,14,18,34H,5-6,9-10,13H2,1-2H3,(H,28,33). The number of halogens is 1. The minimum Gasteiger partial charge on any atom is -0.494 e. The van der Waals surface area contributed by atoms with Gasteiger partial charge in [-0.25, -0.2) is 4.39 Å². The molecule has 1 aliphatic heterocycles. The molecule has 0 radical (unpaired) electrons. The summed E-state index contributed by atoms with van der Waals surface area (Å²) in [5.74, 6) is -1.60. The Labute approximate surface area is 200 Å². The lowest BCUT2D eigenvalue weighted by atomic mass is 10.1. The molecule has 2 N–H and O–H groups in total. The van der Waals surface area contributed by atoms with E-state index >= 15 is 0 Å². The molecule has 5 rings (SSSR count). The Kier molecular flexibility index (Phi) is 5.66. The summed E-state index contributed by atoms with van der Waals surface area (Å²) in [6.07, 6.45) is 6.58. The fourth-order valence-electron chi connectivity index (χ4n) is 4.40. The third-order valence-electron chi connectivity index (χ3n) is 6.21. The molecule has 0 unspecified atom stereocenters. The van der Waals surface area contributed by atoms with Crippen molar-refractivity contribution in [2.45, 2.75) is 45.7 Å². The molecule has 3 heterocycles. The van der Waals surface area contributed by atoms with Gasteiger partial charge in [0.2, 0.25) is 5.88 Å². The summed E-state index contributed by atoms with van der Waals surface area (Å²) in [6.45, 7) is 4.65. The first kappa shape index (κ1) is 22.8. The Bertz CT molecular complexity index is 1430. The molecule has 2 aromatic heterocycles. The molecule has 2 aliphatic rings. The molecule has 182 valence electrons. The number of hydrogen-bond acceptors (Lipinski definition) is 5. The maximum absolute atomic E-state index is 13.5. The summed E-state index contributed by atoms with van der Waals surface area (Å²) in [5.41, 5.74) is 1.10. The van der Waals surface area contributed by atoms with Gasteiger partial charge in [0.05, 0.1) is 6.20 Å². The van der Waals surface area contributed by atoms with Crippen molar-refractivity contribution in [2.24, 2.45) is 5.92 Å². The van der Waals surface area contributed by atoms with Crippen molar-refractivity contribution >= 4 is 29.2 Å². The maximum Gasteiger partial charge on any atom is 0.291 e. The van der Waals surface area contributed by atoms with Crippen LogP contribution in [-0.4, -0.2) is 43.7 Å². The van der Waals surface area contributed by atoms with Crippen LogP contribution in [-0.2, 0) is 17.8 Å². The van der Waals surface area contributed by atoms with E-state index in [2.05, 4.69) is 10.4 Å². The predicted molar refractivity (Wildman–Crippen MR) is 128 cm³/mol. The van der Waals surface area contributed by atoms with Gasteiger partial charge >= 0.3 is 0 Å². The molecule has 1 fully saturated rings. The Balaban J connectivity index is 1.53. The number of aromatic hydroxyl groups is 1. The molecular formula is C25H26FN5O4. The monoisotopic (exact) mass is 479 g/mol. The molecule has 9 nitrogen and oxygen atoms in total. The number of hydrogen-bond donors (Lipinski definition) is 2. The molecule has 1 aliphatic carbocycles. The van der Waals surface area contributed by atoms with Crippen LogP contribution in [0.15, 0.2) is 35.3 Å². The number of benzene rings is 1. The second kappa shape index (κ2) is 8.68. The number of nitrogens with zero attached hydrogens (tertiary/aromatic N) is 4. The molecule has 1 saturated carbocycles. The van der Waals surface area contributed by atoms with Gasteiger partial charge in [0.1, 0.15) is 11.5 Å². The SMILES string of the molecule is CC(C)Cn1c(O)c(C(=O)NC2CC2)c(=O)n2ncc(C=CC(=O)N3CCc4cc(F)ccc43)c12. The molecule has 0 spiro atoms. The normalized spacial score (nSPS) is 15.4. The Morgan fingerprint density at radius 1 is 1.31 bits per heavy atom. The maximum atomic E-state index is 13.5. The lowest BCUT2D eigenvalue weighted by Crippen LogP contribution is -2.34. The van der Waals surface area contributed by atoms with Gasteiger partial charge in [0, 0.05) is 36.5 Å². The second-order valence-corrected chi connectivity index (χ2v) is 9.44. The Hall–Kier alpha value is -3.95. The molecule has 2 amide bonds. The highest BCUT2D eigenvalue weighted by Gasteiger charge is 2.30. The van der Waals surface area contributed by atoms with Crippen LogP contribution in [0.1, 0.15) is 48.2 Å². The van der Waals surface area contributed by atoms with Gasteiger partial charge < -0.3 is 15.3 Å². The zero-order valence-electron chi connectivity index (χ0n) is 19.5. The van der Waals surface area contributed by atoms with E-state index in [4.69, 9.17) is 0 Å². The minimum atomic E-state index is -0.725. The van der Waals surface area contributed by atoms with Crippen LogP contribution in [0.5, 0.6) is 5.88 Å². The predicted octanol–water partition coefficient (Wildman–Crippen LogP) is 2.49. The first-order chi connectivity index (χ1) is 16.7. The number of fused-ring (bicyclic) bond motifs is 2. The van der Waals surface area contributed by atoms with Gasteiger partial charge in [0.25, 0.3) is 17.4 Å². The summed E-state index contributed by atoms with van der Waals surface area (Å²) in [7, 11) is 0. The lowest BCUT2D eigenvalue weighted by Gasteiger charge is -2.17. The third kappa shape index (κ3) is 4.20. The third-order valence-corrected chi connectivity index (χ3v) is 6.21. The lowest BCUT2D eigenvalue weighted by molar-refractivity contribution is -0.114. The van der Waals surface area contributed by atoms with Crippen LogP contribution in [0.25, 0.3) is 11.7 Å². The molecule has 3 aromatic rings. The van der Waals surface area contributed by atoms with Gasteiger partial charge in [-0.3, -0.25) is 19.0 Å². The number of amides is 2. The number of carbonyl (C=O) groups is 2. The van der Waals surface area contributed by atoms with Gasteiger partial charge in [-0.2, -0.15) is 9.61 Å². The molecule has 0 bridgehead atoms. The highest BCUT2D eigenvalue weighted by Crippen LogP contribution is 2.29. The van der Waals surface area contributed by atoms with E-state index in [0.29, 0.717) is 30.8 Å². The van der Waals surface area contributed by atoms with E-state index in [1.54, 1.807) is 11.0 Å². The Morgan fingerprint density at radius 3 is 2.80 bits per heavy atom. The fraction of sp³-hybridized carbons (Fsp3) is 0.360. The van der Waals surface area contributed by atoms with Crippen molar-refractivity contribution in [3.8, 4) is 5.88 Å². The summed E-state index contributed by atoms with van der Waals surface area (Å²) in [4.78, 5) is 40.3. The number of nitrogens with one attached hydrogen (secondary N) is 1. The van der Waals surface area contributed by atoms with Crippen LogP contribution in [0.2, 0.25) is 0 Å². The number of carbonyl (C=O) groups excluding carboxylic acids is 2. The first-order valence-corrected chi connectivity index (χ1v) is 11.7. The average molecular weight is 480 g/mol. The molecule has 0 atom stereocenters. The first-order valence-electron chi connectivity index (χ1n) is 11.7. The molecule has 35 heavy (non-hydrogen) atoms. The van der Waals surface area contributed by atoms with Gasteiger partial charge in [-0.15, -0.1) is 0 Å². The molecular weight excluding hydrogens is 453 g/mol. The largest absolute Gasteiger partial charge is 0.494 e. The van der Waals surface area contributed by atoms with Gasteiger partial charge in [0.15, 0.2) is 5.56 Å². The van der Waals surface area contributed by atoms with Crippen molar-refractivity contribution < 1.29 is 19.1 Å². The molecule has 0 saturated heterocycles. The van der Waals surface area contributed by atoms with Crippen molar-refractivity contribution in [3.05, 3.63) is 63.3 Å². The quantitative estimate of drug-likeness (QED) is 0.528. The van der Waals surface area contributed by atoms with Crippen molar-refractivity contribution in [1.82, 2.24) is 19.5 Å². The number of anilines is 1. The van der Waals surface area contributed by atoms with Crippen molar-refractivity contribution in [2.75, 3.05) is 11.4 Å². The minimum absolute atomic E-state index is 0.0184. The fourth-order valence-corrected chi connectivity index (χ4v) is 4.40. The average Bonchev–Trinajstić information content (AvgIpc) is 3.35. The summed E-state index contributed by atoms with van der Waals surface area (Å²) in [5, 5.41) is 17.9. The van der Waals surface area contributed by atoms with E-state index < -0.39 is 17.3 Å². The summed E-state index contributed by atoms with van der Waals surface area (Å²) >= 11 is 0. The zero-order chi connectivity index (χ0) is 24.9. The number of rotatable bonds is 6. The van der Waals surface area contributed by atoms with Crippen LogP contribution in [0.3, 0.4) is 0 Å². The highest BCUT2D eigenvalue weighted by atomic mass is 19.1. The van der Waals surface area contributed by atoms with E-state index in [1.165, 1.54) is 35.0 Å². The second-order valence-electron chi connectivity index (χ2n) is 9.44. The van der Waals surface area contributed by atoms with Crippen LogP contribution in [0, 0.1) is 11.7 Å². The Morgan fingerprint density at radius 2 is 2.09 bits per heavy atom. The van der Waals surface area contributed by atoms with Crippen molar-refractivity contribution in [1.29, 1.82) is 0 Å². The van der Waals surface area contributed by atoms with E-state index in [-0.39, 0.29) is 34.9 Å². The van der Waals surface area contributed by atoms with Gasteiger partial charge in [-0.1, -0.05) is 13.8 Å². The summed E-state index contributed by atoms with van der Waals surface area (Å²) < 4.78 is 16.1. The smallest absolute Gasteiger partial charge is 0.291 e. The van der Waals surface area contributed by atoms with Crippen molar-refractivity contribution in [3.63, 3.8) is 0 Å². The van der Waals surface area contributed by atoms with E-state index in [1.807, 2.05) is 13.8 Å². The highest BCUT2D eigenvalue weighted by molar-refractivity contribution is 6.05. The topological polar surface area (TPSA) is 109 Å². The van der Waals surface area contributed by atoms with Crippen LogP contribution in [0.4, 0.5) is 10.1 Å². The number of aromatic nitrogens is 3. The molecule has 1 aromatic carbocycles.